The number of hydrogen-bond donors (Lipinski definition) is 3. The van der Waals surface area contributed by atoms with Crippen LogP contribution in [0.15, 0.2) is 0 Å². The molecule has 3 N–H and O–H groups in total. The van der Waals surface area contributed by atoms with Crippen LogP contribution in [0.2, 0.25) is 0 Å². The summed E-state index contributed by atoms with van der Waals surface area (Å²) in [4.78, 5) is 22.9. The van der Waals surface area contributed by atoms with Crippen molar-refractivity contribution in [2.45, 2.75) is 59.0 Å². The van der Waals surface area contributed by atoms with Gasteiger partial charge in [-0.1, -0.05) is 20.8 Å². The summed E-state index contributed by atoms with van der Waals surface area (Å²) in [6.07, 6.45) is 1.34. The summed E-state index contributed by atoms with van der Waals surface area (Å²) in [5.41, 5.74) is -1.06. The topological polar surface area (TPSA) is 78.4 Å². The van der Waals surface area contributed by atoms with E-state index in [4.69, 9.17) is 5.11 Å². The highest BCUT2D eigenvalue weighted by molar-refractivity contribution is 5.84. The molecule has 2 atom stereocenters. The quantitative estimate of drug-likeness (QED) is 0.614. The first-order valence-electron chi connectivity index (χ1n) is 6.51. The average molecular weight is 258 g/mol. The summed E-state index contributed by atoms with van der Waals surface area (Å²) in [5, 5.41) is 14.8. The van der Waals surface area contributed by atoms with Crippen molar-refractivity contribution in [2.24, 2.45) is 5.92 Å². The summed E-state index contributed by atoms with van der Waals surface area (Å²) < 4.78 is 0. The lowest BCUT2D eigenvalue weighted by Gasteiger charge is -2.28. The highest BCUT2D eigenvalue weighted by atomic mass is 16.4. The van der Waals surface area contributed by atoms with E-state index in [0.29, 0.717) is 18.9 Å². The largest absolute Gasteiger partial charge is 0.480 e. The lowest BCUT2D eigenvalue weighted by atomic mass is 9.98. The number of amides is 1. The maximum Gasteiger partial charge on any atom is 0.323 e. The van der Waals surface area contributed by atoms with Crippen molar-refractivity contribution in [2.75, 3.05) is 6.54 Å². The molecule has 0 aliphatic heterocycles. The fourth-order valence-electron chi connectivity index (χ4n) is 1.50. The Morgan fingerprint density at radius 2 is 1.83 bits per heavy atom. The van der Waals surface area contributed by atoms with E-state index >= 15 is 0 Å². The van der Waals surface area contributed by atoms with Crippen molar-refractivity contribution in [1.29, 1.82) is 0 Å². The zero-order chi connectivity index (χ0) is 14.3. The molecule has 0 radical (unpaired) electrons. The van der Waals surface area contributed by atoms with Crippen LogP contribution in [0, 0.1) is 5.92 Å². The lowest BCUT2D eigenvalue weighted by Crippen LogP contribution is -2.56. The minimum absolute atomic E-state index is 0.156. The van der Waals surface area contributed by atoms with Gasteiger partial charge in [0, 0.05) is 6.54 Å². The van der Waals surface area contributed by atoms with Gasteiger partial charge in [0.15, 0.2) is 0 Å². The van der Waals surface area contributed by atoms with Crippen LogP contribution in [0.25, 0.3) is 0 Å². The van der Waals surface area contributed by atoms with Crippen LogP contribution < -0.4 is 10.6 Å². The standard InChI is InChI=1S/C13H26N2O3/c1-6-13(5,12(17)18)15-10(4)11(16)14-8-7-9(2)3/h9-10,15H,6-8H2,1-5H3,(H,14,16)(H,17,18). The Bertz CT molecular complexity index is 292. The van der Waals surface area contributed by atoms with Crippen LogP contribution in [0.5, 0.6) is 0 Å². The maximum atomic E-state index is 11.8. The Hall–Kier alpha value is -1.10. The number of carbonyl (C=O) groups excluding carboxylic acids is 1. The second-order valence-corrected chi connectivity index (χ2v) is 5.33. The molecule has 0 aliphatic carbocycles. The van der Waals surface area contributed by atoms with Gasteiger partial charge in [-0.15, -0.1) is 0 Å². The van der Waals surface area contributed by atoms with Crippen LogP contribution in [0.3, 0.4) is 0 Å². The summed E-state index contributed by atoms with van der Waals surface area (Å²) in [6, 6.07) is -0.516. The summed E-state index contributed by atoms with van der Waals surface area (Å²) >= 11 is 0. The molecule has 0 aromatic carbocycles. The molecule has 0 saturated carbocycles. The van der Waals surface area contributed by atoms with E-state index in [1.807, 2.05) is 0 Å². The average Bonchev–Trinajstić information content (AvgIpc) is 2.27. The van der Waals surface area contributed by atoms with E-state index in [1.165, 1.54) is 0 Å². The molecule has 0 aromatic rings. The zero-order valence-electron chi connectivity index (χ0n) is 12.0. The number of aliphatic carboxylic acids is 1. The van der Waals surface area contributed by atoms with Crippen molar-refractivity contribution in [3.05, 3.63) is 0 Å². The first kappa shape index (κ1) is 16.9. The van der Waals surface area contributed by atoms with Crippen LogP contribution in [0.1, 0.15) is 47.5 Å². The number of hydrogen-bond acceptors (Lipinski definition) is 3. The molecule has 1 amide bonds. The second kappa shape index (κ2) is 7.36. The predicted molar refractivity (Wildman–Crippen MR) is 71.4 cm³/mol. The van der Waals surface area contributed by atoms with E-state index in [2.05, 4.69) is 24.5 Å². The number of carboxylic acid groups (broad SMARTS) is 1. The fraction of sp³-hybridized carbons (Fsp3) is 0.846. The van der Waals surface area contributed by atoms with Gasteiger partial charge in [-0.2, -0.15) is 0 Å². The number of carbonyl (C=O) groups is 2. The van der Waals surface area contributed by atoms with E-state index in [1.54, 1.807) is 20.8 Å². The van der Waals surface area contributed by atoms with Crippen molar-refractivity contribution >= 4 is 11.9 Å². The lowest BCUT2D eigenvalue weighted by molar-refractivity contribution is -0.145. The van der Waals surface area contributed by atoms with Gasteiger partial charge in [-0.25, -0.2) is 0 Å². The van der Waals surface area contributed by atoms with E-state index in [9.17, 15) is 9.59 Å². The maximum absolute atomic E-state index is 11.8. The molecule has 5 nitrogen and oxygen atoms in total. The minimum atomic E-state index is -1.06. The van der Waals surface area contributed by atoms with Gasteiger partial charge in [-0.3, -0.25) is 14.9 Å². The molecule has 5 heteroatoms. The number of nitrogens with one attached hydrogen (secondary N) is 2. The highest BCUT2D eigenvalue weighted by Gasteiger charge is 2.33. The summed E-state index contributed by atoms with van der Waals surface area (Å²) in [5.74, 6) is -0.558. The van der Waals surface area contributed by atoms with Crippen molar-refractivity contribution in [3.8, 4) is 0 Å². The molecule has 0 heterocycles. The molecule has 0 bridgehead atoms. The Labute approximate surface area is 109 Å². The molecule has 18 heavy (non-hydrogen) atoms. The molecule has 0 aromatic heterocycles. The third-order valence-corrected chi connectivity index (χ3v) is 3.13. The van der Waals surface area contributed by atoms with Crippen LogP contribution in [-0.2, 0) is 9.59 Å². The molecule has 0 fully saturated rings. The summed E-state index contributed by atoms with van der Waals surface area (Å²) in [6.45, 7) is 9.86. The Balaban J connectivity index is 4.26. The molecular weight excluding hydrogens is 232 g/mol. The zero-order valence-corrected chi connectivity index (χ0v) is 12.0. The smallest absolute Gasteiger partial charge is 0.323 e. The Kier molecular flexibility index (Phi) is 6.91. The summed E-state index contributed by atoms with van der Waals surface area (Å²) in [7, 11) is 0. The normalized spacial score (nSPS) is 16.1. The van der Waals surface area contributed by atoms with Gasteiger partial charge in [0.25, 0.3) is 0 Å². The Morgan fingerprint density at radius 3 is 2.22 bits per heavy atom. The van der Waals surface area contributed by atoms with E-state index in [-0.39, 0.29) is 5.91 Å². The van der Waals surface area contributed by atoms with Gasteiger partial charge < -0.3 is 10.4 Å². The molecule has 2 unspecified atom stereocenters. The monoisotopic (exact) mass is 258 g/mol. The van der Waals surface area contributed by atoms with Crippen LogP contribution in [0.4, 0.5) is 0 Å². The van der Waals surface area contributed by atoms with Gasteiger partial charge in [-0.05, 0) is 32.6 Å². The van der Waals surface area contributed by atoms with Crippen molar-refractivity contribution in [1.82, 2.24) is 10.6 Å². The SMILES string of the molecule is CCC(C)(NC(C)C(=O)NCCC(C)C)C(=O)O. The third-order valence-electron chi connectivity index (χ3n) is 3.13. The molecule has 0 rings (SSSR count). The van der Waals surface area contributed by atoms with E-state index in [0.717, 1.165) is 6.42 Å². The van der Waals surface area contributed by atoms with Gasteiger partial charge in [0.2, 0.25) is 5.91 Å². The predicted octanol–water partition coefficient (Wildman–Crippen LogP) is 1.38. The molecular formula is C13H26N2O3. The molecule has 0 saturated heterocycles. The van der Waals surface area contributed by atoms with Gasteiger partial charge >= 0.3 is 5.97 Å². The van der Waals surface area contributed by atoms with Crippen molar-refractivity contribution in [3.63, 3.8) is 0 Å². The first-order valence-corrected chi connectivity index (χ1v) is 6.51. The fourth-order valence-corrected chi connectivity index (χ4v) is 1.50. The Morgan fingerprint density at radius 1 is 1.28 bits per heavy atom. The van der Waals surface area contributed by atoms with Crippen LogP contribution >= 0.6 is 0 Å². The van der Waals surface area contributed by atoms with Crippen molar-refractivity contribution < 1.29 is 14.7 Å². The van der Waals surface area contributed by atoms with Crippen LogP contribution in [-0.4, -0.2) is 35.1 Å². The third kappa shape index (κ3) is 5.49. The molecule has 106 valence electrons. The molecule has 0 spiro atoms. The molecule has 0 aliphatic rings. The minimum Gasteiger partial charge on any atom is -0.480 e. The second-order valence-electron chi connectivity index (χ2n) is 5.33. The van der Waals surface area contributed by atoms with Gasteiger partial charge in [0.1, 0.15) is 5.54 Å². The highest BCUT2D eigenvalue weighted by Crippen LogP contribution is 2.10. The van der Waals surface area contributed by atoms with E-state index < -0.39 is 17.6 Å². The number of rotatable bonds is 8. The first-order chi connectivity index (χ1) is 8.23. The number of carboxylic acids is 1. The van der Waals surface area contributed by atoms with Gasteiger partial charge in [0.05, 0.1) is 6.04 Å².